The van der Waals surface area contributed by atoms with Crippen molar-refractivity contribution in [1.29, 1.82) is 0 Å². The second kappa shape index (κ2) is 7.45. The fourth-order valence-corrected chi connectivity index (χ4v) is 5.52. The first-order valence-corrected chi connectivity index (χ1v) is 9.78. The Kier molecular flexibility index (Phi) is 5.98. The van der Waals surface area contributed by atoms with E-state index in [2.05, 4.69) is 14.4 Å². The number of methoxy groups -OCH3 is 1. The van der Waals surface area contributed by atoms with Gasteiger partial charge in [0.25, 0.3) is 10.0 Å². The van der Waals surface area contributed by atoms with Gasteiger partial charge in [0, 0.05) is 9.90 Å². The van der Waals surface area contributed by atoms with Crippen LogP contribution < -0.4 is 4.72 Å². The van der Waals surface area contributed by atoms with Gasteiger partial charge in [-0.1, -0.05) is 34.8 Å². The van der Waals surface area contributed by atoms with Crippen molar-refractivity contribution in [3.05, 3.63) is 37.8 Å². The van der Waals surface area contributed by atoms with Gasteiger partial charge in [0.15, 0.2) is 5.13 Å². The lowest BCUT2D eigenvalue weighted by Crippen LogP contribution is -2.14. The van der Waals surface area contributed by atoms with Crippen LogP contribution in [0.3, 0.4) is 0 Å². The molecule has 0 radical (unpaired) electrons. The fourth-order valence-electron chi connectivity index (χ4n) is 1.79. The lowest BCUT2D eigenvalue weighted by Gasteiger charge is -2.09. The van der Waals surface area contributed by atoms with Crippen molar-refractivity contribution in [3.8, 4) is 0 Å². The molecule has 2 aromatic rings. The average Bonchev–Trinajstić information content (AvgIpc) is 2.75. The SMILES string of the molecule is COC(=O)Cc1sc(NS(=O)(=O)c2c(Cl)cc(Cl)cc2Cl)nc1C. The summed E-state index contributed by atoms with van der Waals surface area (Å²) in [7, 11) is -2.80. The molecule has 0 spiro atoms. The minimum Gasteiger partial charge on any atom is -0.469 e. The van der Waals surface area contributed by atoms with Crippen molar-refractivity contribution in [2.75, 3.05) is 11.8 Å². The van der Waals surface area contributed by atoms with Crippen LogP contribution in [0.1, 0.15) is 10.6 Å². The molecule has 24 heavy (non-hydrogen) atoms. The molecular formula is C13H11Cl3N2O4S2. The summed E-state index contributed by atoms with van der Waals surface area (Å²) in [4.78, 5) is 15.7. The van der Waals surface area contributed by atoms with Crippen molar-refractivity contribution < 1.29 is 17.9 Å². The van der Waals surface area contributed by atoms with Crippen molar-refractivity contribution in [2.24, 2.45) is 0 Å². The molecule has 0 aliphatic heterocycles. The Morgan fingerprint density at radius 1 is 1.29 bits per heavy atom. The van der Waals surface area contributed by atoms with Crippen LogP contribution in [-0.4, -0.2) is 26.5 Å². The largest absolute Gasteiger partial charge is 0.469 e. The van der Waals surface area contributed by atoms with Gasteiger partial charge in [-0.05, 0) is 19.1 Å². The first-order chi connectivity index (χ1) is 11.1. The summed E-state index contributed by atoms with van der Waals surface area (Å²) in [6, 6.07) is 2.55. The van der Waals surface area contributed by atoms with Crippen molar-refractivity contribution >= 4 is 67.3 Å². The number of anilines is 1. The first-order valence-electron chi connectivity index (χ1n) is 6.34. The highest BCUT2D eigenvalue weighted by atomic mass is 35.5. The van der Waals surface area contributed by atoms with E-state index in [1.165, 1.54) is 19.2 Å². The normalized spacial score (nSPS) is 11.4. The number of esters is 1. The second-order valence-electron chi connectivity index (χ2n) is 4.58. The third kappa shape index (κ3) is 4.31. The van der Waals surface area contributed by atoms with E-state index in [-0.39, 0.29) is 31.5 Å². The summed E-state index contributed by atoms with van der Waals surface area (Å²) in [6.45, 7) is 1.66. The fraction of sp³-hybridized carbons (Fsp3) is 0.231. The Hall–Kier alpha value is -1.06. The predicted molar refractivity (Wildman–Crippen MR) is 94.9 cm³/mol. The van der Waals surface area contributed by atoms with Crippen LogP contribution in [0.15, 0.2) is 17.0 Å². The Bertz CT molecular complexity index is 874. The standard InChI is InChI=1S/C13H11Cl3N2O4S2/c1-6-10(5-11(19)22-2)23-13(17-6)18-24(20,21)12-8(15)3-7(14)4-9(12)16/h3-4H,5H2,1-2H3,(H,17,18). The second-order valence-corrected chi connectivity index (χ2v) is 8.54. The molecule has 11 heteroatoms. The van der Waals surface area contributed by atoms with Gasteiger partial charge in [-0.2, -0.15) is 0 Å². The number of carbonyl (C=O) groups excluding carboxylic acids is 1. The molecular weight excluding hydrogens is 419 g/mol. The van der Waals surface area contributed by atoms with E-state index in [0.29, 0.717) is 10.6 Å². The number of sulfonamides is 1. The molecule has 0 saturated heterocycles. The number of aromatic nitrogens is 1. The molecule has 0 amide bonds. The number of thiazole rings is 1. The number of hydrogen-bond acceptors (Lipinski definition) is 6. The molecule has 1 N–H and O–H groups in total. The Labute approximate surface area is 157 Å². The molecule has 0 aliphatic rings. The zero-order valence-electron chi connectivity index (χ0n) is 12.4. The maximum atomic E-state index is 12.5. The van der Waals surface area contributed by atoms with E-state index < -0.39 is 16.0 Å². The molecule has 1 heterocycles. The topological polar surface area (TPSA) is 85.4 Å². The highest BCUT2D eigenvalue weighted by molar-refractivity contribution is 7.93. The van der Waals surface area contributed by atoms with E-state index in [0.717, 1.165) is 11.3 Å². The third-order valence-electron chi connectivity index (χ3n) is 2.88. The number of rotatable bonds is 5. The number of nitrogens with zero attached hydrogens (tertiary/aromatic N) is 1. The number of aryl methyl sites for hydroxylation is 1. The molecule has 0 aliphatic carbocycles. The smallest absolute Gasteiger partial charge is 0.310 e. The third-order valence-corrected chi connectivity index (χ3v) is 6.56. The Morgan fingerprint density at radius 3 is 2.42 bits per heavy atom. The maximum Gasteiger partial charge on any atom is 0.310 e. The summed E-state index contributed by atoms with van der Waals surface area (Å²) < 4.78 is 31.9. The summed E-state index contributed by atoms with van der Waals surface area (Å²) in [5.74, 6) is -0.444. The van der Waals surface area contributed by atoms with Crippen LogP contribution in [0.4, 0.5) is 5.13 Å². The molecule has 2 rings (SSSR count). The molecule has 0 fully saturated rings. The lowest BCUT2D eigenvalue weighted by atomic mass is 10.3. The monoisotopic (exact) mass is 428 g/mol. The van der Waals surface area contributed by atoms with Gasteiger partial charge in [0.1, 0.15) is 4.90 Å². The zero-order chi connectivity index (χ0) is 18.1. The van der Waals surface area contributed by atoms with E-state index >= 15 is 0 Å². The van der Waals surface area contributed by atoms with Crippen LogP contribution in [0.5, 0.6) is 0 Å². The van der Waals surface area contributed by atoms with Gasteiger partial charge in [-0.15, -0.1) is 11.3 Å². The molecule has 1 aromatic carbocycles. The van der Waals surface area contributed by atoms with Gasteiger partial charge in [0.05, 0.1) is 29.3 Å². The highest BCUT2D eigenvalue weighted by Gasteiger charge is 2.24. The van der Waals surface area contributed by atoms with Crippen LogP contribution in [0, 0.1) is 6.92 Å². The van der Waals surface area contributed by atoms with Crippen molar-refractivity contribution in [3.63, 3.8) is 0 Å². The first kappa shape index (κ1) is 19.3. The van der Waals surface area contributed by atoms with E-state index in [1.807, 2.05) is 0 Å². The van der Waals surface area contributed by atoms with Crippen molar-refractivity contribution in [2.45, 2.75) is 18.2 Å². The minimum atomic E-state index is -4.07. The predicted octanol–water partition coefficient (Wildman–Crippen LogP) is 3.93. The van der Waals surface area contributed by atoms with Gasteiger partial charge >= 0.3 is 5.97 Å². The summed E-state index contributed by atoms with van der Waals surface area (Å²) >= 11 is 18.7. The number of halogens is 3. The zero-order valence-corrected chi connectivity index (χ0v) is 16.3. The minimum absolute atomic E-state index is 0.00415. The van der Waals surface area contributed by atoms with Crippen LogP contribution >= 0.6 is 46.1 Å². The molecule has 0 unspecified atom stereocenters. The Balaban J connectivity index is 2.34. The molecule has 0 atom stereocenters. The maximum absolute atomic E-state index is 12.5. The van der Waals surface area contributed by atoms with Crippen LogP contribution in [-0.2, 0) is 26.0 Å². The van der Waals surface area contributed by atoms with E-state index in [1.54, 1.807) is 6.92 Å². The highest BCUT2D eigenvalue weighted by Crippen LogP contribution is 2.34. The van der Waals surface area contributed by atoms with Crippen LogP contribution in [0.25, 0.3) is 0 Å². The average molecular weight is 430 g/mol. The number of ether oxygens (including phenoxy) is 1. The molecule has 0 saturated carbocycles. The Morgan fingerprint density at radius 2 is 1.88 bits per heavy atom. The summed E-state index contributed by atoms with van der Waals surface area (Å²) in [5, 5.41) is 0.0917. The molecule has 6 nitrogen and oxygen atoms in total. The molecule has 130 valence electrons. The number of benzene rings is 1. The lowest BCUT2D eigenvalue weighted by molar-refractivity contribution is -0.139. The quantitative estimate of drug-likeness (QED) is 0.728. The number of carbonyl (C=O) groups is 1. The molecule has 1 aromatic heterocycles. The summed E-state index contributed by atoms with van der Waals surface area (Å²) in [6.07, 6.45) is 0.00415. The molecule has 0 bridgehead atoms. The van der Waals surface area contributed by atoms with Gasteiger partial charge in [0.2, 0.25) is 0 Å². The van der Waals surface area contributed by atoms with Crippen molar-refractivity contribution in [1.82, 2.24) is 4.98 Å². The van der Waals surface area contributed by atoms with E-state index in [9.17, 15) is 13.2 Å². The summed E-state index contributed by atoms with van der Waals surface area (Å²) in [5.41, 5.74) is 0.524. The van der Waals surface area contributed by atoms with Gasteiger partial charge in [-0.3, -0.25) is 9.52 Å². The van der Waals surface area contributed by atoms with E-state index in [4.69, 9.17) is 34.8 Å². The number of hydrogen-bond donors (Lipinski definition) is 1. The van der Waals surface area contributed by atoms with Gasteiger partial charge < -0.3 is 4.74 Å². The van der Waals surface area contributed by atoms with Gasteiger partial charge in [-0.25, -0.2) is 13.4 Å². The van der Waals surface area contributed by atoms with Crippen LogP contribution in [0.2, 0.25) is 15.1 Å². The number of nitrogens with one attached hydrogen (secondary N) is 1.